The van der Waals surface area contributed by atoms with Crippen LogP contribution >= 0.6 is 46.0 Å². The summed E-state index contributed by atoms with van der Waals surface area (Å²) in [6.45, 7) is 2.36. The first-order valence-electron chi connectivity index (χ1n) is 9.14. The Balaban J connectivity index is 1.42. The summed E-state index contributed by atoms with van der Waals surface area (Å²) in [4.78, 5) is 19.8. The molecule has 154 valence electrons. The van der Waals surface area contributed by atoms with Gasteiger partial charge in [-0.1, -0.05) is 35.5 Å². The summed E-state index contributed by atoms with van der Waals surface area (Å²) in [6.07, 6.45) is 2.72. The molecule has 0 N–H and O–H groups in total. The highest BCUT2D eigenvalue weighted by Crippen LogP contribution is 2.32. The second-order valence-electron chi connectivity index (χ2n) is 6.38. The monoisotopic (exact) mass is 475 g/mol. The summed E-state index contributed by atoms with van der Waals surface area (Å²) in [7, 11) is 0. The minimum Gasteiger partial charge on any atom is -0.308 e. The Labute approximate surface area is 191 Å². The van der Waals surface area contributed by atoms with Crippen LogP contribution in [0.15, 0.2) is 58.6 Å². The highest BCUT2D eigenvalue weighted by molar-refractivity contribution is 7.98. The average Bonchev–Trinajstić information content (AvgIpc) is 3.47. The maximum Gasteiger partial charge on any atom is 0.230 e. The van der Waals surface area contributed by atoms with Gasteiger partial charge in [-0.2, -0.15) is 0 Å². The standard InChI is InChI=1S/C20H18ClN5OS3/c1-14(27)26(17-5-2-4-15(21)10-17)19-23-16(11-29-19)12-30-20-24-22-13-25(20)8-7-18-6-3-9-28-18/h2-6,9-11,13H,7-8,12H2,1H3. The normalized spacial score (nSPS) is 11.0. The van der Waals surface area contributed by atoms with Gasteiger partial charge in [0.1, 0.15) is 6.33 Å². The van der Waals surface area contributed by atoms with Gasteiger partial charge in [-0.05, 0) is 36.1 Å². The van der Waals surface area contributed by atoms with Crippen molar-refractivity contribution in [3.8, 4) is 0 Å². The number of carbonyl (C=O) groups is 1. The van der Waals surface area contributed by atoms with Gasteiger partial charge in [0.2, 0.25) is 5.91 Å². The van der Waals surface area contributed by atoms with Crippen LogP contribution in [0.4, 0.5) is 10.8 Å². The quantitative estimate of drug-likeness (QED) is 0.307. The Morgan fingerprint density at radius 1 is 1.27 bits per heavy atom. The molecule has 4 rings (SSSR count). The maximum absolute atomic E-state index is 12.2. The predicted molar refractivity (Wildman–Crippen MR) is 124 cm³/mol. The predicted octanol–water partition coefficient (Wildman–Crippen LogP) is 5.67. The van der Waals surface area contributed by atoms with E-state index in [1.54, 1.807) is 46.5 Å². The van der Waals surface area contributed by atoms with Gasteiger partial charge in [0.25, 0.3) is 0 Å². The lowest BCUT2D eigenvalue weighted by Crippen LogP contribution is -2.22. The molecule has 4 aromatic rings. The van der Waals surface area contributed by atoms with E-state index in [9.17, 15) is 4.79 Å². The molecule has 0 saturated heterocycles. The van der Waals surface area contributed by atoms with E-state index in [1.165, 1.54) is 23.1 Å². The summed E-state index contributed by atoms with van der Waals surface area (Å²) in [5.41, 5.74) is 1.60. The van der Waals surface area contributed by atoms with Crippen molar-refractivity contribution in [1.82, 2.24) is 19.7 Å². The molecule has 0 unspecified atom stereocenters. The van der Waals surface area contributed by atoms with E-state index in [4.69, 9.17) is 11.6 Å². The molecule has 0 aliphatic carbocycles. The third-order valence-electron chi connectivity index (χ3n) is 4.22. The van der Waals surface area contributed by atoms with Gasteiger partial charge in [-0.15, -0.1) is 32.9 Å². The zero-order chi connectivity index (χ0) is 20.9. The molecule has 3 aromatic heterocycles. The number of nitrogens with zero attached hydrogens (tertiary/aromatic N) is 5. The van der Waals surface area contributed by atoms with Crippen LogP contribution in [0.25, 0.3) is 0 Å². The van der Waals surface area contributed by atoms with Crippen molar-refractivity contribution in [1.29, 1.82) is 0 Å². The summed E-state index contributed by atoms with van der Waals surface area (Å²) in [5.74, 6) is 0.536. The number of aromatic nitrogens is 4. The van der Waals surface area contributed by atoms with Crippen LogP contribution in [0.2, 0.25) is 5.02 Å². The fourth-order valence-electron chi connectivity index (χ4n) is 2.84. The minimum absolute atomic E-state index is 0.112. The Kier molecular flexibility index (Phi) is 6.83. The SMILES string of the molecule is CC(=O)N(c1cccc(Cl)c1)c1nc(CSc2nncn2CCc2cccs2)cs1. The zero-order valence-corrected chi connectivity index (χ0v) is 19.3. The number of halogens is 1. The van der Waals surface area contributed by atoms with E-state index in [1.807, 2.05) is 17.5 Å². The molecule has 3 heterocycles. The van der Waals surface area contributed by atoms with E-state index < -0.39 is 0 Å². The number of amides is 1. The molecule has 1 aromatic carbocycles. The lowest BCUT2D eigenvalue weighted by molar-refractivity contribution is -0.115. The molecule has 0 fully saturated rings. The maximum atomic E-state index is 12.2. The molecular weight excluding hydrogens is 458 g/mol. The number of carbonyl (C=O) groups excluding carboxylic acids is 1. The molecule has 6 nitrogen and oxygen atoms in total. The van der Waals surface area contributed by atoms with Crippen molar-refractivity contribution < 1.29 is 4.79 Å². The van der Waals surface area contributed by atoms with Crippen molar-refractivity contribution in [2.24, 2.45) is 0 Å². The smallest absolute Gasteiger partial charge is 0.230 e. The molecule has 0 spiro atoms. The highest BCUT2D eigenvalue weighted by atomic mass is 35.5. The van der Waals surface area contributed by atoms with Gasteiger partial charge in [-0.25, -0.2) is 4.98 Å². The number of thiazole rings is 1. The van der Waals surface area contributed by atoms with Crippen LogP contribution in [0.5, 0.6) is 0 Å². The molecule has 0 saturated carbocycles. The van der Waals surface area contributed by atoms with Crippen LogP contribution in [0, 0.1) is 0 Å². The highest BCUT2D eigenvalue weighted by Gasteiger charge is 2.18. The van der Waals surface area contributed by atoms with Gasteiger partial charge in [0.15, 0.2) is 10.3 Å². The number of thioether (sulfide) groups is 1. The van der Waals surface area contributed by atoms with Crippen molar-refractivity contribution in [2.45, 2.75) is 30.8 Å². The first-order valence-corrected chi connectivity index (χ1v) is 12.3. The van der Waals surface area contributed by atoms with Crippen LogP contribution in [-0.2, 0) is 23.5 Å². The molecule has 0 bridgehead atoms. The number of benzene rings is 1. The average molecular weight is 476 g/mol. The number of aryl methyl sites for hydroxylation is 2. The number of hydrogen-bond acceptors (Lipinski definition) is 7. The summed E-state index contributed by atoms with van der Waals surface area (Å²) >= 11 is 10.9. The summed E-state index contributed by atoms with van der Waals surface area (Å²) < 4.78 is 2.06. The van der Waals surface area contributed by atoms with Crippen molar-refractivity contribution in [2.75, 3.05) is 4.90 Å². The van der Waals surface area contributed by atoms with Gasteiger partial charge >= 0.3 is 0 Å². The minimum atomic E-state index is -0.112. The lowest BCUT2D eigenvalue weighted by Gasteiger charge is -2.18. The van der Waals surface area contributed by atoms with E-state index >= 15 is 0 Å². The third-order valence-corrected chi connectivity index (χ3v) is 7.28. The number of rotatable bonds is 8. The van der Waals surface area contributed by atoms with Gasteiger partial charge in [0, 0.05) is 34.5 Å². The molecule has 10 heteroatoms. The van der Waals surface area contributed by atoms with E-state index in [0.29, 0.717) is 21.6 Å². The van der Waals surface area contributed by atoms with Crippen LogP contribution in [0.1, 0.15) is 17.5 Å². The first-order chi connectivity index (χ1) is 14.6. The van der Waals surface area contributed by atoms with Crippen LogP contribution in [-0.4, -0.2) is 25.7 Å². The van der Waals surface area contributed by atoms with Gasteiger partial charge in [-0.3, -0.25) is 9.69 Å². The zero-order valence-electron chi connectivity index (χ0n) is 16.1. The Hall–Kier alpha value is -2.20. The fraction of sp³-hybridized carbons (Fsp3) is 0.200. The van der Waals surface area contributed by atoms with Gasteiger partial charge < -0.3 is 4.57 Å². The molecule has 30 heavy (non-hydrogen) atoms. The first kappa shape index (κ1) is 21.0. The molecule has 0 radical (unpaired) electrons. The number of anilines is 2. The number of hydrogen-bond donors (Lipinski definition) is 0. The van der Waals surface area contributed by atoms with Gasteiger partial charge in [0.05, 0.1) is 11.4 Å². The third kappa shape index (κ3) is 5.10. The summed E-state index contributed by atoms with van der Waals surface area (Å²) in [6, 6.07) is 11.4. The second kappa shape index (κ2) is 9.74. The van der Waals surface area contributed by atoms with Crippen LogP contribution in [0.3, 0.4) is 0 Å². The lowest BCUT2D eigenvalue weighted by atomic mass is 10.3. The molecule has 0 aliphatic heterocycles. The summed E-state index contributed by atoms with van der Waals surface area (Å²) in [5, 5.41) is 14.4. The largest absolute Gasteiger partial charge is 0.308 e. The molecule has 0 atom stereocenters. The Morgan fingerprint density at radius 2 is 2.17 bits per heavy atom. The van der Waals surface area contributed by atoms with Crippen molar-refractivity contribution >= 4 is 62.8 Å². The van der Waals surface area contributed by atoms with E-state index in [2.05, 4.69) is 37.3 Å². The van der Waals surface area contributed by atoms with E-state index in [0.717, 1.165) is 23.8 Å². The number of thiophene rings is 1. The Morgan fingerprint density at radius 3 is 2.93 bits per heavy atom. The van der Waals surface area contributed by atoms with E-state index in [-0.39, 0.29) is 5.91 Å². The second-order valence-corrected chi connectivity index (χ2v) is 9.63. The topological polar surface area (TPSA) is 63.9 Å². The van der Waals surface area contributed by atoms with Crippen LogP contribution < -0.4 is 4.90 Å². The molecular formula is C20H18ClN5OS3. The Bertz CT molecular complexity index is 1130. The molecule has 0 aliphatic rings. The fourth-order valence-corrected chi connectivity index (χ4v) is 5.55. The van der Waals surface area contributed by atoms with Crippen molar-refractivity contribution in [3.05, 3.63) is 69.1 Å². The van der Waals surface area contributed by atoms with Crippen molar-refractivity contribution in [3.63, 3.8) is 0 Å². The molecule has 1 amide bonds.